The molecule has 4 nitrogen and oxygen atoms in total. The first-order valence-corrected chi connectivity index (χ1v) is 9.05. The monoisotopic (exact) mass is 377 g/mol. The van der Waals surface area contributed by atoms with Crippen LogP contribution in [0.3, 0.4) is 0 Å². The second-order valence-electron chi connectivity index (χ2n) is 6.60. The van der Waals surface area contributed by atoms with Crippen LogP contribution in [-0.2, 0) is 4.79 Å². The maximum atomic E-state index is 11.5. The van der Waals surface area contributed by atoms with Crippen molar-refractivity contribution in [2.45, 2.75) is 32.7 Å². The molecule has 23 heavy (non-hydrogen) atoms. The molecular formula is C18H24BrN3O. The summed E-state index contributed by atoms with van der Waals surface area (Å²) in [5.74, 6) is 0.805. The quantitative estimate of drug-likeness (QED) is 0.860. The van der Waals surface area contributed by atoms with Crippen molar-refractivity contribution in [3.8, 4) is 0 Å². The number of hydrogen-bond donors (Lipinski definition) is 1. The summed E-state index contributed by atoms with van der Waals surface area (Å²) in [6, 6.07) is 6.48. The van der Waals surface area contributed by atoms with E-state index >= 15 is 0 Å². The first kappa shape index (κ1) is 16.4. The van der Waals surface area contributed by atoms with Gasteiger partial charge in [0.25, 0.3) is 0 Å². The van der Waals surface area contributed by atoms with Crippen molar-refractivity contribution < 1.29 is 4.79 Å². The normalized spacial score (nSPS) is 21.9. The number of carbonyl (C=O) groups is 1. The number of amides is 1. The molecule has 0 aromatic heterocycles. The van der Waals surface area contributed by atoms with Gasteiger partial charge in [0.05, 0.1) is 5.69 Å². The van der Waals surface area contributed by atoms with E-state index in [0.717, 1.165) is 48.2 Å². The van der Waals surface area contributed by atoms with Crippen molar-refractivity contribution in [3.05, 3.63) is 34.3 Å². The number of hydrogen-bond acceptors (Lipinski definition) is 3. The van der Waals surface area contributed by atoms with Crippen molar-refractivity contribution in [2.75, 3.05) is 24.5 Å². The summed E-state index contributed by atoms with van der Waals surface area (Å²) in [5.41, 5.74) is 9.39. The second kappa shape index (κ2) is 6.56. The first-order valence-electron chi connectivity index (χ1n) is 8.25. The highest BCUT2D eigenvalue weighted by Gasteiger charge is 2.29. The smallest absolute Gasteiger partial charge is 0.219 e. The number of rotatable bonds is 2. The number of para-hydroxylation sites is 1. The van der Waals surface area contributed by atoms with E-state index in [1.807, 2.05) is 11.0 Å². The highest BCUT2D eigenvalue weighted by Crippen LogP contribution is 2.39. The molecule has 2 N–H and O–H groups in total. The SMILES string of the molecule is CC(=O)N1CCC(CN2c3c(Br)cccc3C(N)=CC2C)CC1. The minimum Gasteiger partial charge on any atom is -0.398 e. The summed E-state index contributed by atoms with van der Waals surface area (Å²) in [6.45, 7) is 6.62. The summed E-state index contributed by atoms with van der Waals surface area (Å²) < 4.78 is 1.10. The Morgan fingerprint density at radius 2 is 2.04 bits per heavy atom. The maximum Gasteiger partial charge on any atom is 0.219 e. The summed E-state index contributed by atoms with van der Waals surface area (Å²) >= 11 is 3.69. The van der Waals surface area contributed by atoms with Crippen LogP contribution in [-0.4, -0.2) is 36.5 Å². The van der Waals surface area contributed by atoms with Gasteiger partial charge in [-0.2, -0.15) is 0 Å². The summed E-state index contributed by atoms with van der Waals surface area (Å²) in [5, 5.41) is 0. The lowest BCUT2D eigenvalue weighted by atomic mass is 9.93. The lowest BCUT2D eigenvalue weighted by Gasteiger charge is -2.40. The van der Waals surface area contributed by atoms with Crippen LogP contribution in [0.15, 0.2) is 28.7 Å². The fraction of sp³-hybridized carbons (Fsp3) is 0.500. The molecule has 124 valence electrons. The van der Waals surface area contributed by atoms with Gasteiger partial charge < -0.3 is 15.5 Å². The number of piperidine rings is 1. The van der Waals surface area contributed by atoms with Gasteiger partial charge in [0, 0.05) is 48.3 Å². The Balaban J connectivity index is 1.78. The molecule has 1 unspecified atom stereocenters. The number of halogens is 1. The van der Waals surface area contributed by atoms with Gasteiger partial charge in [0.2, 0.25) is 5.91 Å². The van der Waals surface area contributed by atoms with Crippen LogP contribution < -0.4 is 10.6 Å². The molecular weight excluding hydrogens is 354 g/mol. The van der Waals surface area contributed by atoms with Crippen LogP contribution in [0.2, 0.25) is 0 Å². The van der Waals surface area contributed by atoms with Crippen molar-refractivity contribution in [2.24, 2.45) is 11.7 Å². The van der Waals surface area contributed by atoms with E-state index in [-0.39, 0.29) is 11.9 Å². The minimum absolute atomic E-state index is 0.193. The molecule has 5 heteroatoms. The molecule has 1 amide bonds. The fourth-order valence-corrected chi connectivity index (χ4v) is 4.24. The molecule has 0 saturated carbocycles. The zero-order valence-electron chi connectivity index (χ0n) is 13.8. The van der Waals surface area contributed by atoms with E-state index < -0.39 is 0 Å². The van der Waals surface area contributed by atoms with Crippen LogP contribution in [0, 0.1) is 5.92 Å². The fourth-order valence-electron chi connectivity index (χ4n) is 3.65. The van der Waals surface area contributed by atoms with Crippen molar-refractivity contribution >= 4 is 33.2 Å². The van der Waals surface area contributed by atoms with E-state index in [1.165, 1.54) is 5.69 Å². The molecule has 0 aliphatic carbocycles. The number of carbonyl (C=O) groups excluding carboxylic acids is 1. The lowest BCUT2D eigenvalue weighted by molar-refractivity contribution is -0.130. The van der Waals surface area contributed by atoms with Crippen molar-refractivity contribution in [1.82, 2.24) is 4.90 Å². The first-order chi connectivity index (χ1) is 11.0. The Morgan fingerprint density at radius 3 is 2.70 bits per heavy atom. The Labute approximate surface area is 146 Å². The van der Waals surface area contributed by atoms with Crippen LogP contribution in [0.4, 0.5) is 5.69 Å². The highest BCUT2D eigenvalue weighted by atomic mass is 79.9. The summed E-state index contributed by atoms with van der Waals surface area (Å²) in [4.78, 5) is 15.9. The van der Waals surface area contributed by atoms with Gasteiger partial charge in [-0.1, -0.05) is 12.1 Å². The van der Waals surface area contributed by atoms with E-state index in [9.17, 15) is 4.79 Å². The zero-order valence-corrected chi connectivity index (χ0v) is 15.3. The Kier molecular flexibility index (Phi) is 4.67. The molecule has 0 spiro atoms. The summed E-state index contributed by atoms with van der Waals surface area (Å²) in [7, 11) is 0. The van der Waals surface area contributed by atoms with Crippen LogP contribution >= 0.6 is 15.9 Å². The molecule has 0 radical (unpaired) electrons. The number of benzene rings is 1. The van der Waals surface area contributed by atoms with Gasteiger partial charge in [0.1, 0.15) is 0 Å². The number of likely N-dealkylation sites (tertiary alicyclic amines) is 1. The number of nitrogens with two attached hydrogens (primary N) is 1. The average Bonchev–Trinajstić information content (AvgIpc) is 2.52. The second-order valence-corrected chi connectivity index (χ2v) is 7.45. The molecule has 1 fully saturated rings. The molecule has 1 atom stereocenters. The van der Waals surface area contributed by atoms with Gasteiger partial charge >= 0.3 is 0 Å². The van der Waals surface area contributed by atoms with Crippen molar-refractivity contribution in [1.29, 1.82) is 0 Å². The van der Waals surface area contributed by atoms with Crippen LogP contribution in [0.25, 0.3) is 5.70 Å². The molecule has 1 aromatic carbocycles. The number of fused-ring (bicyclic) bond motifs is 1. The number of anilines is 1. The predicted octanol–water partition coefficient (Wildman–Crippen LogP) is 3.22. The Bertz CT molecular complexity index is 635. The third-order valence-corrected chi connectivity index (χ3v) is 5.65. The Hall–Kier alpha value is -1.49. The summed E-state index contributed by atoms with van der Waals surface area (Å²) in [6.07, 6.45) is 4.28. The molecule has 0 bridgehead atoms. The van der Waals surface area contributed by atoms with Crippen molar-refractivity contribution in [3.63, 3.8) is 0 Å². The van der Waals surface area contributed by atoms with Gasteiger partial charge in [-0.25, -0.2) is 0 Å². The Morgan fingerprint density at radius 1 is 1.35 bits per heavy atom. The predicted molar refractivity (Wildman–Crippen MR) is 98.1 cm³/mol. The van der Waals surface area contributed by atoms with Crippen LogP contribution in [0.1, 0.15) is 32.3 Å². The van der Waals surface area contributed by atoms with Gasteiger partial charge in [-0.15, -0.1) is 0 Å². The minimum atomic E-state index is 0.193. The standard InChI is InChI=1S/C18H24BrN3O/c1-12-10-17(20)15-4-3-5-16(19)18(15)22(12)11-14-6-8-21(9-7-14)13(2)23/h3-5,10,12,14H,6-9,11,20H2,1-2H3. The lowest BCUT2D eigenvalue weighted by Crippen LogP contribution is -2.44. The molecule has 2 aliphatic rings. The largest absolute Gasteiger partial charge is 0.398 e. The van der Waals surface area contributed by atoms with Gasteiger partial charge in [0.15, 0.2) is 0 Å². The van der Waals surface area contributed by atoms with E-state index in [1.54, 1.807) is 6.92 Å². The zero-order chi connectivity index (χ0) is 16.6. The topological polar surface area (TPSA) is 49.6 Å². The average molecular weight is 378 g/mol. The molecule has 2 aliphatic heterocycles. The highest BCUT2D eigenvalue weighted by molar-refractivity contribution is 9.10. The van der Waals surface area contributed by atoms with Crippen LogP contribution in [0.5, 0.6) is 0 Å². The molecule has 2 heterocycles. The molecule has 1 aromatic rings. The molecule has 3 rings (SSSR count). The van der Waals surface area contributed by atoms with E-state index in [2.05, 4.69) is 46.0 Å². The maximum absolute atomic E-state index is 11.5. The third kappa shape index (κ3) is 3.25. The molecule has 1 saturated heterocycles. The number of nitrogens with zero attached hydrogens (tertiary/aromatic N) is 2. The van der Waals surface area contributed by atoms with Gasteiger partial charge in [-0.3, -0.25) is 4.79 Å². The van der Waals surface area contributed by atoms with Gasteiger partial charge in [-0.05, 0) is 53.8 Å². The third-order valence-electron chi connectivity index (χ3n) is 5.01. The van der Waals surface area contributed by atoms with E-state index in [0.29, 0.717) is 5.92 Å². The van der Waals surface area contributed by atoms with E-state index in [4.69, 9.17) is 5.73 Å².